The third kappa shape index (κ3) is 3.19. The van der Waals surface area contributed by atoms with E-state index < -0.39 is 6.10 Å². The lowest BCUT2D eigenvalue weighted by Gasteiger charge is -2.25. The lowest BCUT2D eigenvalue weighted by molar-refractivity contribution is -0.128. The molecule has 2 heterocycles. The Balaban J connectivity index is 1.44. The molecule has 7 heteroatoms. The van der Waals surface area contributed by atoms with E-state index in [1.165, 1.54) is 0 Å². The Morgan fingerprint density at radius 2 is 2.27 bits per heavy atom. The van der Waals surface area contributed by atoms with Crippen LogP contribution in [-0.2, 0) is 11.2 Å². The Bertz CT molecular complexity index is 656. The molecule has 1 unspecified atom stereocenters. The van der Waals surface area contributed by atoms with Crippen molar-refractivity contribution in [1.29, 1.82) is 0 Å². The predicted molar refractivity (Wildman–Crippen MR) is 76.7 cm³/mol. The Morgan fingerprint density at radius 3 is 3.09 bits per heavy atom. The minimum Gasteiger partial charge on any atom is -0.480 e. The second kappa shape index (κ2) is 6.46. The van der Waals surface area contributed by atoms with Gasteiger partial charge in [-0.1, -0.05) is 23.4 Å². The van der Waals surface area contributed by atoms with Gasteiger partial charge in [0.25, 0.3) is 11.8 Å². The average Bonchev–Trinajstić information content (AvgIpc) is 2.96. The number of aryl methyl sites for hydroxylation is 2. The van der Waals surface area contributed by atoms with Crippen LogP contribution in [0.25, 0.3) is 0 Å². The molecule has 1 N–H and O–H groups in total. The molecule has 116 valence electrons. The average molecular weight is 303 g/mol. The fourth-order valence-corrected chi connectivity index (χ4v) is 2.30. The van der Waals surface area contributed by atoms with Crippen molar-refractivity contribution < 1.29 is 18.9 Å². The van der Waals surface area contributed by atoms with Crippen LogP contribution in [0, 0.1) is 6.92 Å². The summed E-state index contributed by atoms with van der Waals surface area (Å²) in [7, 11) is 0. The van der Waals surface area contributed by atoms with Gasteiger partial charge in [-0.3, -0.25) is 4.79 Å². The van der Waals surface area contributed by atoms with E-state index in [4.69, 9.17) is 9.47 Å². The van der Waals surface area contributed by atoms with Crippen LogP contribution in [0.15, 0.2) is 28.9 Å². The number of hydrogen-bond acceptors (Lipinski definition) is 6. The number of carbonyl (C=O) groups is 1. The molecular weight excluding hydrogens is 286 g/mol. The molecule has 0 bridgehead atoms. The zero-order chi connectivity index (χ0) is 15.4. The van der Waals surface area contributed by atoms with Gasteiger partial charge in [0.1, 0.15) is 18.1 Å². The molecule has 0 saturated heterocycles. The molecule has 1 aromatic carbocycles. The lowest BCUT2D eigenvalue weighted by atomic mass is 10.0. The smallest absolute Gasteiger partial charge is 0.278 e. The van der Waals surface area contributed by atoms with Crippen molar-refractivity contribution >= 4 is 5.91 Å². The highest BCUT2D eigenvalue weighted by Crippen LogP contribution is 2.26. The first-order chi connectivity index (χ1) is 10.7. The first-order valence-corrected chi connectivity index (χ1v) is 7.18. The van der Waals surface area contributed by atoms with E-state index in [-0.39, 0.29) is 5.91 Å². The van der Waals surface area contributed by atoms with Gasteiger partial charge in [0.2, 0.25) is 0 Å². The first-order valence-electron chi connectivity index (χ1n) is 7.18. The number of carbonyl (C=O) groups excluding carboxylic acids is 1. The fourth-order valence-electron chi connectivity index (χ4n) is 2.30. The zero-order valence-electron chi connectivity index (χ0n) is 12.2. The second-order valence-corrected chi connectivity index (χ2v) is 5.05. The molecule has 7 nitrogen and oxygen atoms in total. The largest absolute Gasteiger partial charge is 0.480 e. The minimum absolute atomic E-state index is 0.131. The van der Waals surface area contributed by atoms with Crippen LogP contribution in [0.5, 0.6) is 11.6 Å². The Hall–Kier alpha value is -2.57. The number of benzene rings is 1. The molecule has 1 aliphatic heterocycles. The van der Waals surface area contributed by atoms with Crippen LogP contribution >= 0.6 is 0 Å². The number of aromatic nitrogens is 2. The molecule has 2 aromatic rings. The SMILES string of the molecule is Cc1nonc1OCCNC(=O)C1CCc2ccccc2O1. The van der Waals surface area contributed by atoms with Crippen LogP contribution in [-0.4, -0.2) is 35.5 Å². The predicted octanol–water partition coefficient (Wildman–Crippen LogP) is 1.27. The molecule has 3 rings (SSSR count). The van der Waals surface area contributed by atoms with Gasteiger partial charge in [-0.05, 0) is 36.6 Å². The normalized spacial score (nSPS) is 16.5. The summed E-state index contributed by atoms with van der Waals surface area (Å²) >= 11 is 0. The maximum Gasteiger partial charge on any atom is 0.278 e. The van der Waals surface area contributed by atoms with E-state index >= 15 is 0 Å². The topological polar surface area (TPSA) is 86.5 Å². The molecule has 22 heavy (non-hydrogen) atoms. The summed E-state index contributed by atoms with van der Waals surface area (Å²) in [4.78, 5) is 12.1. The van der Waals surface area contributed by atoms with E-state index in [0.29, 0.717) is 31.1 Å². The Labute approximate surface area is 127 Å². The lowest BCUT2D eigenvalue weighted by Crippen LogP contribution is -2.41. The number of fused-ring (bicyclic) bond motifs is 1. The second-order valence-electron chi connectivity index (χ2n) is 5.05. The summed E-state index contributed by atoms with van der Waals surface area (Å²) in [5, 5.41) is 10.0. The molecule has 1 atom stereocenters. The first kappa shape index (κ1) is 14.4. The number of nitrogens with one attached hydrogen (secondary N) is 1. The molecule has 0 fully saturated rings. The van der Waals surface area contributed by atoms with E-state index in [2.05, 4.69) is 20.3 Å². The van der Waals surface area contributed by atoms with Crippen molar-refractivity contribution in [1.82, 2.24) is 15.6 Å². The van der Waals surface area contributed by atoms with E-state index in [1.54, 1.807) is 6.92 Å². The Kier molecular flexibility index (Phi) is 4.22. The number of ether oxygens (including phenoxy) is 2. The van der Waals surface area contributed by atoms with Gasteiger partial charge in [0.05, 0.1) is 6.54 Å². The summed E-state index contributed by atoms with van der Waals surface area (Å²) in [6.07, 6.45) is 1.07. The zero-order valence-corrected chi connectivity index (χ0v) is 12.2. The van der Waals surface area contributed by atoms with Gasteiger partial charge >= 0.3 is 0 Å². The third-order valence-electron chi connectivity index (χ3n) is 3.46. The molecule has 1 aromatic heterocycles. The molecule has 0 aliphatic carbocycles. The van der Waals surface area contributed by atoms with Crippen molar-refractivity contribution in [2.45, 2.75) is 25.9 Å². The molecule has 1 aliphatic rings. The van der Waals surface area contributed by atoms with Crippen molar-refractivity contribution in [2.24, 2.45) is 0 Å². The highest BCUT2D eigenvalue weighted by Gasteiger charge is 2.25. The monoisotopic (exact) mass is 303 g/mol. The van der Waals surface area contributed by atoms with Crippen LogP contribution in [0.3, 0.4) is 0 Å². The number of hydrogen-bond donors (Lipinski definition) is 1. The van der Waals surface area contributed by atoms with Gasteiger partial charge < -0.3 is 14.8 Å². The van der Waals surface area contributed by atoms with Crippen molar-refractivity contribution in [3.8, 4) is 11.6 Å². The van der Waals surface area contributed by atoms with Crippen molar-refractivity contribution in [2.75, 3.05) is 13.2 Å². The van der Waals surface area contributed by atoms with E-state index in [0.717, 1.165) is 17.7 Å². The van der Waals surface area contributed by atoms with Crippen LogP contribution in [0.4, 0.5) is 0 Å². The summed E-state index contributed by atoms with van der Waals surface area (Å²) in [5.41, 5.74) is 1.72. The van der Waals surface area contributed by atoms with Gasteiger partial charge in [0.15, 0.2) is 6.10 Å². The van der Waals surface area contributed by atoms with Gasteiger partial charge in [-0.25, -0.2) is 4.63 Å². The molecule has 0 spiro atoms. The molecule has 0 saturated carbocycles. The van der Waals surface area contributed by atoms with Crippen LogP contribution in [0.1, 0.15) is 17.7 Å². The Morgan fingerprint density at radius 1 is 1.41 bits per heavy atom. The summed E-state index contributed by atoms with van der Waals surface area (Å²) in [6.45, 7) is 2.40. The van der Waals surface area contributed by atoms with Gasteiger partial charge in [-0.15, -0.1) is 0 Å². The number of para-hydroxylation sites is 1. The van der Waals surface area contributed by atoms with Gasteiger partial charge in [0, 0.05) is 0 Å². The summed E-state index contributed by atoms with van der Waals surface area (Å²) in [6, 6.07) is 7.78. The standard InChI is InChI=1S/C15H17N3O4/c1-10-15(18-22-17-10)20-9-8-16-14(19)13-7-6-11-4-2-3-5-12(11)21-13/h2-5,13H,6-9H2,1H3,(H,16,19). The molecule has 1 amide bonds. The molecular formula is C15H17N3O4. The van der Waals surface area contributed by atoms with Crippen molar-refractivity contribution in [3.05, 3.63) is 35.5 Å². The number of nitrogens with zero attached hydrogens (tertiary/aromatic N) is 2. The number of rotatable bonds is 5. The number of amides is 1. The van der Waals surface area contributed by atoms with Crippen LogP contribution < -0.4 is 14.8 Å². The van der Waals surface area contributed by atoms with Crippen molar-refractivity contribution in [3.63, 3.8) is 0 Å². The highest BCUT2D eigenvalue weighted by molar-refractivity contribution is 5.81. The fraction of sp³-hybridized carbons (Fsp3) is 0.400. The van der Waals surface area contributed by atoms with Crippen LogP contribution in [0.2, 0.25) is 0 Å². The third-order valence-corrected chi connectivity index (χ3v) is 3.46. The highest BCUT2D eigenvalue weighted by atomic mass is 16.6. The quantitative estimate of drug-likeness (QED) is 0.837. The van der Waals surface area contributed by atoms with E-state index in [1.807, 2.05) is 24.3 Å². The maximum atomic E-state index is 12.1. The molecule has 0 radical (unpaired) electrons. The van der Waals surface area contributed by atoms with Gasteiger partial charge in [-0.2, -0.15) is 0 Å². The summed E-state index contributed by atoms with van der Waals surface area (Å²) < 4.78 is 15.6. The van der Waals surface area contributed by atoms with E-state index in [9.17, 15) is 4.79 Å². The minimum atomic E-state index is -0.453. The summed E-state index contributed by atoms with van der Waals surface area (Å²) in [5.74, 6) is 1.000. The maximum absolute atomic E-state index is 12.1.